The van der Waals surface area contributed by atoms with E-state index in [0.29, 0.717) is 35.1 Å². The Morgan fingerprint density at radius 2 is 2.17 bits per heavy atom. The van der Waals surface area contributed by atoms with E-state index in [1.165, 1.54) is 0 Å². The zero-order valence-corrected chi connectivity index (χ0v) is 11.5. The first-order chi connectivity index (χ1) is 8.56. The average molecular weight is 283 g/mol. The second kappa shape index (κ2) is 7.13. The van der Waals surface area contributed by atoms with Crippen molar-refractivity contribution in [3.05, 3.63) is 47.5 Å². The van der Waals surface area contributed by atoms with Gasteiger partial charge in [0.15, 0.2) is 0 Å². The second-order valence-electron chi connectivity index (χ2n) is 3.74. The number of carbonyl (C=O) groups is 1. The van der Waals surface area contributed by atoms with Crippen molar-refractivity contribution in [3.63, 3.8) is 0 Å². The fourth-order valence-electron chi connectivity index (χ4n) is 1.48. The summed E-state index contributed by atoms with van der Waals surface area (Å²) in [6.45, 7) is 4.54. The first kappa shape index (κ1) is 14.7. The molecule has 0 aliphatic rings. The Hall–Kier alpha value is -1.39. The SMILES string of the molecule is C=CCN(CCC(N)=S)C(=O)c1ccccc1Cl. The summed E-state index contributed by atoms with van der Waals surface area (Å²) in [7, 11) is 0. The second-order valence-corrected chi connectivity index (χ2v) is 4.67. The van der Waals surface area contributed by atoms with Crippen LogP contribution in [0.1, 0.15) is 16.8 Å². The van der Waals surface area contributed by atoms with Gasteiger partial charge in [0.1, 0.15) is 0 Å². The van der Waals surface area contributed by atoms with Gasteiger partial charge in [-0.15, -0.1) is 6.58 Å². The topological polar surface area (TPSA) is 46.3 Å². The summed E-state index contributed by atoms with van der Waals surface area (Å²) >= 11 is 10.8. The lowest BCUT2D eigenvalue weighted by atomic mass is 10.2. The van der Waals surface area contributed by atoms with Crippen molar-refractivity contribution in [1.29, 1.82) is 0 Å². The number of nitrogens with two attached hydrogens (primary N) is 1. The van der Waals surface area contributed by atoms with Gasteiger partial charge in [-0.05, 0) is 12.1 Å². The monoisotopic (exact) mass is 282 g/mol. The summed E-state index contributed by atoms with van der Waals surface area (Å²) in [6, 6.07) is 6.95. The Morgan fingerprint density at radius 1 is 1.50 bits per heavy atom. The lowest BCUT2D eigenvalue weighted by molar-refractivity contribution is 0.0778. The molecule has 1 amide bonds. The van der Waals surface area contributed by atoms with Crippen LogP contribution >= 0.6 is 23.8 Å². The minimum Gasteiger partial charge on any atom is -0.393 e. The van der Waals surface area contributed by atoms with Crippen LogP contribution in [0, 0.1) is 0 Å². The van der Waals surface area contributed by atoms with Crippen LogP contribution in [0.25, 0.3) is 0 Å². The lowest BCUT2D eigenvalue weighted by Gasteiger charge is -2.21. The van der Waals surface area contributed by atoms with Gasteiger partial charge in [0.05, 0.1) is 15.6 Å². The van der Waals surface area contributed by atoms with Gasteiger partial charge in [-0.2, -0.15) is 0 Å². The number of carbonyl (C=O) groups excluding carboxylic acids is 1. The van der Waals surface area contributed by atoms with E-state index >= 15 is 0 Å². The molecule has 1 rings (SSSR count). The van der Waals surface area contributed by atoms with Crippen LogP contribution in [0.3, 0.4) is 0 Å². The van der Waals surface area contributed by atoms with Crippen molar-refractivity contribution < 1.29 is 4.79 Å². The number of nitrogens with zero attached hydrogens (tertiary/aromatic N) is 1. The van der Waals surface area contributed by atoms with Gasteiger partial charge >= 0.3 is 0 Å². The van der Waals surface area contributed by atoms with Crippen LogP contribution in [-0.4, -0.2) is 28.9 Å². The fourth-order valence-corrected chi connectivity index (χ4v) is 1.79. The third-order valence-corrected chi connectivity index (χ3v) is 2.90. The normalized spacial score (nSPS) is 9.83. The van der Waals surface area contributed by atoms with E-state index in [4.69, 9.17) is 29.6 Å². The number of benzene rings is 1. The summed E-state index contributed by atoms with van der Waals surface area (Å²) in [5.74, 6) is -0.142. The third-order valence-electron chi connectivity index (χ3n) is 2.37. The summed E-state index contributed by atoms with van der Waals surface area (Å²) in [5.41, 5.74) is 5.92. The number of hydrogen-bond donors (Lipinski definition) is 1. The van der Waals surface area contributed by atoms with Crippen molar-refractivity contribution in [3.8, 4) is 0 Å². The zero-order valence-electron chi connectivity index (χ0n) is 9.93. The largest absolute Gasteiger partial charge is 0.393 e. The molecule has 3 nitrogen and oxygen atoms in total. The molecule has 2 N–H and O–H groups in total. The van der Waals surface area contributed by atoms with E-state index in [-0.39, 0.29) is 5.91 Å². The minimum atomic E-state index is -0.142. The molecule has 0 saturated heterocycles. The predicted molar refractivity (Wildman–Crippen MR) is 79.0 cm³/mol. The molecule has 18 heavy (non-hydrogen) atoms. The predicted octanol–water partition coefficient (Wildman–Crippen LogP) is 2.64. The molecule has 0 aromatic heterocycles. The summed E-state index contributed by atoms with van der Waals surface area (Å²) in [5, 5.41) is 0.437. The molecule has 0 bridgehead atoms. The van der Waals surface area contributed by atoms with Gasteiger partial charge < -0.3 is 10.6 Å². The van der Waals surface area contributed by atoms with Crippen molar-refractivity contribution in [1.82, 2.24) is 4.90 Å². The van der Waals surface area contributed by atoms with E-state index in [0.717, 1.165) is 0 Å². The number of halogens is 1. The Bertz CT molecular complexity index is 462. The van der Waals surface area contributed by atoms with Crippen molar-refractivity contribution in [2.45, 2.75) is 6.42 Å². The van der Waals surface area contributed by atoms with Gasteiger partial charge in [-0.1, -0.05) is 42.0 Å². The zero-order chi connectivity index (χ0) is 13.5. The molecule has 1 aromatic carbocycles. The Balaban J connectivity index is 2.85. The Labute approximate surface area is 117 Å². The van der Waals surface area contributed by atoms with E-state index in [2.05, 4.69) is 6.58 Å². The maximum absolute atomic E-state index is 12.3. The first-order valence-corrected chi connectivity index (χ1v) is 6.28. The van der Waals surface area contributed by atoms with Gasteiger partial charge in [-0.25, -0.2) is 0 Å². The number of thiocarbonyl (C=S) groups is 1. The smallest absolute Gasteiger partial charge is 0.255 e. The first-order valence-electron chi connectivity index (χ1n) is 5.49. The molecule has 0 radical (unpaired) electrons. The summed E-state index contributed by atoms with van der Waals surface area (Å²) in [4.78, 5) is 14.3. The van der Waals surface area contributed by atoms with Gasteiger partial charge in [0.25, 0.3) is 5.91 Å². The molecule has 0 atom stereocenters. The van der Waals surface area contributed by atoms with Crippen LogP contribution in [0.4, 0.5) is 0 Å². The van der Waals surface area contributed by atoms with Gasteiger partial charge in [0, 0.05) is 19.5 Å². The number of amides is 1. The van der Waals surface area contributed by atoms with E-state index in [1.54, 1.807) is 35.2 Å². The average Bonchev–Trinajstić information content (AvgIpc) is 2.34. The van der Waals surface area contributed by atoms with E-state index < -0.39 is 0 Å². The maximum Gasteiger partial charge on any atom is 0.255 e. The maximum atomic E-state index is 12.3. The molecule has 0 aliphatic carbocycles. The van der Waals surface area contributed by atoms with E-state index in [1.807, 2.05) is 0 Å². The number of hydrogen-bond acceptors (Lipinski definition) is 2. The Kier molecular flexibility index (Phi) is 5.82. The van der Waals surface area contributed by atoms with Crippen molar-refractivity contribution >= 4 is 34.7 Å². The minimum absolute atomic E-state index is 0.142. The van der Waals surface area contributed by atoms with Crippen LogP contribution < -0.4 is 5.73 Å². The highest BCUT2D eigenvalue weighted by atomic mass is 35.5. The molecule has 1 aromatic rings. The molecular weight excluding hydrogens is 268 g/mol. The quantitative estimate of drug-likeness (QED) is 0.644. The van der Waals surface area contributed by atoms with Crippen LogP contribution in [0.5, 0.6) is 0 Å². The van der Waals surface area contributed by atoms with E-state index in [9.17, 15) is 4.79 Å². The highest BCUT2D eigenvalue weighted by Gasteiger charge is 2.16. The Morgan fingerprint density at radius 3 is 2.72 bits per heavy atom. The molecule has 0 aliphatic heterocycles. The van der Waals surface area contributed by atoms with Crippen molar-refractivity contribution in [2.24, 2.45) is 5.73 Å². The van der Waals surface area contributed by atoms with Crippen LogP contribution in [0.15, 0.2) is 36.9 Å². The van der Waals surface area contributed by atoms with Crippen molar-refractivity contribution in [2.75, 3.05) is 13.1 Å². The van der Waals surface area contributed by atoms with Crippen LogP contribution in [0.2, 0.25) is 5.02 Å². The molecule has 0 spiro atoms. The fraction of sp³-hybridized carbons (Fsp3) is 0.231. The highest BCUT2D eigenvalue weighted by Crippen LogP contribution is 2.17. The molecule has 0 saturated carbocycles. The van der Waals surface area contributed by atoms with Gasteiger partial charge in [0.2, 0.25) is 0 Å². The standard InChI is InChI=1S/C13H15ClN2OS/c1-2-8-16(9-7-12(15)18)13(17)10-5-3-4-6-11(10)14/h2-6H,1,7-9H2,(H2,15,18). The molecule has 96 valence electrons. The molecule has 0 unspecified atom stereocenters. The molecule has 0 heterocycles. The summed E-state index contributed by atoms with van der Waals surface area (Å²) in [6.07, 6.45) is 2.15. The number of rotatable bonds is 6. The van der Waals surface area contributed by atoms with Crippen LogP contribution in [-0.2, 0) is 0 Å². The summed E-state index contributed by atoms with van der Waals surface area (Å²) < 4.78 is 0. The molecular formula is C13H15ClN2OS. The van der Waals surface area contributed by atoms with Gasteiger partial charge in [-0.3, -0.25) is 4.79 Å². The molecule has 5 heteroatoms. The third kappa shape index (κ3) is 4.13. The molecule has 0 fully saturated rings. The lowest BCUT2D eigenvalue weighted by Crippen LogP contribution is -2.34. The highest BCUT2D eigenvalue weighted by molar-refractivity contribution is 7.80.